The van der Waals surface area contributed by atoms with Crippen molar-refractivity contribution in [2.24, 2.45) is 0 Å². The van der Waals surface area contributed by atoms with Gasteiger partial charge in [0.1, 0.15) is 5.82 Å². The fourth-order valence-electron chi connectivity index (χ4n) is 1.66. The molecule has 1 nitrogen and oxygen atoms in total. The molecule has 0 aliphatic carbocycles. The van der Waals surface area contributed by atoms with Crippen LogP contribution in [0, 0.1) is 12.7 Å². The maximum absolute atomic E-state index is 13.5. The molecular formula is C14H16FNS. The van der Waals surface area contributed by atoms with E-state index in [9.17, 15) is 4.39 Å². The van der Waals surface area contributed by atoms with Gasteiger partial charge in [0, 0.05) is 16.3 Å². The number of anilines is 1. The van der Waals surface area contributed by atoms with Crippen LogP contribution < -0.4 is 5.32 Å². The predicted octanol–water partition coefficient (Wildman–Crippen LogP) is 4.37. The van der Waals surface area contributed by atoms with Crippen molar-refractivity contribution in [3.63, 3.8) is 0 Å². The van der Waals surface area contributed by atoms with E-state index < -0.39 is 0 Å². The second kappa shape index (κ2) is 5.32. The van der Waals surface area contributed by atoms with E-state index in [1.807, 2.05) is 13.0 Å². The number of thiophene rings is 1. The van der Waals surface area contributed by atoms with Crippen molar-refractivity contribution in [3.8, 4) is 0 Å². The molecule has 0 spiro atoms. The fraction of sp³-hybridized carbons (Fsp3) is 0.286. The molecule has 0 aliphatic rings. The van der Waals surface area contributed by atoms with Gasteiger partial charge in [0.2, 0.25) is 0 Å². The summed E-state index contributed by atoms with van der Waals surface area (Å²) in [6.45, 7) is 4.79. The molecule has 0 amide bonds. The van der Waals surface area contributed by atoms with Gasteiger partial charge in [-0.2, -0.15) is 0 Å². The quantitative estimate of drug-likeness (QED) is 0.848. The summed E-state index contributed by atoms with van der Waals surface area (Å²) in [5.41, 5.74) is 1.64. The van der Waals surface area contributed by atoms with E-state index >= 15 is 0 Å². The summed E-state index contributed by atoms with van der Waals surface area (Å²) in [5.74, 6) is -0.192. The fourth-order valence-corrected chi connectivity index (χ4v) is 2.56. The lowest BCUT2D eigenvalue weighted by atomic mass is 10.2. The highest BCUT2D eigenvalue weighted by Gasteiger charge is 2.03. The van der Waals surface area contributed by atoms with E-state index in [0.29, 0.717) is 12.2 Å². The normalized spacial score (nSPS) is 10.5. The minimum Gasteiger partial charge on any atom is -0.378 e. The first-order valence-corrected chi connectivity index (χ1v) is 6.58. The van der Waals surface area contributed by atoms with Crippen LogP contribution in [0.15, 0.2) is 30.3 Å². The van der Waals surface area contributed by atoms with Gasteiger partial charge in [0.25, 0.3) is 0 Å². The van der Waals surface area contributed by atoms with Crippen LogP contribution in [0.2, 0.25) is 0 Å². The average Bonchev–Trinajstić information content (AvgIpc) is 2.78. The Hall–Kier alpha value is -1.35. The van der Waals surface area contributed by atoms with Crippen molar-refractivity contribution in [2.75, 3.05) is 5.32 Å². The maximum Gasteiger partial charge on any atom is 0.146 e. The van der Waals surface area contributed by atoms with Crippen molar-refractivity contribution >= 4 is 17.0 Å². The van der Waals surface area contributed by atoms with Crippen LogP contribution in [0.1, 0.15) is 22.2 Å². The van der Waals surface area contributed by atoms with E-state index in [1.54, 1.807) is 17.4 Å². The van der Waals surface area contributed by atoms with Crippen molar-refractivity contribution in [1.82, 2.24) is 0 Å². The second-order valence-electron chi connectivity index (χ2n) is 4.06. The monoisotopic (exact) mass is 249 g/mol. The average molecular weight is 249 g/mol. The Kier molecular flexibility index (Phi) is 3.79. The molecule has 17 heavy (non-hydrogen) atoms. The number of aryl methyl sites for hydroxylation is 2. The number of hydrogen-bond acceptors (Lipinski definition) is 2. The predicted molar refractivity (Wildman–Crippen MR) is 72.2 cm³/mol. The van der Waals surface area contributed by atoms with Crippen LogP contribution >= 0.6 is 11.3 Å². The summed E-state index contributed by atoms with van der Waals surface area (Å²) < 4.78 is 13.5. The molecule has 0 aliphatic heterocycles. The highest BCUT2D eigenvalue weighted by molar-refractivity contribution is 7.12. The molecule has 90 valence electrons. The molecule has 0 atom stereocenters. The maximum atomic E-state index is 13.5. The minimum absolute atomic E-state index is 0.192. The third kappa shape index (κ3) is 3.07. The summed E-state index contributed by atoms with van der Waals surface area (Å²) in [6, 6.07) is 9.35. The van der Waals surface area contributed by atoms with E-state index in [0.717, 1.165) is 12.0 Å². The number of hydrogen-bond donors (Lipinski definition) is 1. The Morgan fingerprint density at radius 2 is 1.94 bits per heavy atom. The van der Waals surface area contributed by atoms with Gasteiger partial charge in [-0.1, -0.05) is 13.0 Å². The number of halogens is 1. The van der Waals surface area contributed by atoms with Crippen molar-refractivity contribution in [1.29, 1.82) is 0 Å². The van der Waals surface area contributed by atoms with Crippen LogP contribution in [0.3, 0.4) is 0 Å². The Bertz CT molecular complexity index is 505. The molecule has 2 rings (SSSR count). The van der Waals surface area contributed by atoms with Crippen molar-refractivity contribution in [2.45, 2.75) is 26.8 Å². The Morgan fingerprint density at radius 3 is 2.65 bits per heavy atom. The molecule has 0 saturated carbocycles. The van der Waals surface area contributed by atoms with Gasteiger partial charge in [-0.25, -0.2) is 4.39 Å². The lowest BCUT2D eigenvalue weighted by molar-refractivity contribution is 0.630. The second-order valence-corrected chi connectivity index (χ2v) is 5.31. The van der Waals surface area contributed by atoms with Gasteiger partial charge in [0.05, 0.1) is 5.69 Å². The standard InChI is InChI=1S/C14H16FNS/c1-3-11-5-6-12(17-11)9-16-14-8-10(2)4-7-13(14)15/h4-8,16H,3,9H2,1-2H3. The van der Waals surface area contributed by atoms with Crippen LogP contribution in [-0.4, -0.2) is 0 Å². The molecule has 2 aromatic rings. The first-order valence-electron chi connectivity index (χ1n) is 5.76. The van der Waals surface area contributed by atoms with Gasteiger partial charge in [-0.15, -0.1) is 11.3 Å². The smallest absolute Gasteiger partial charge is 0.146 e. The number of rotatable bonds is 4. The Balaban J connectivity index is 2.04. The molecule has 0 fully saturated rings. The first-order chi connectivity index (χ1) is 8.19. The van der Waals surface area contributed by atoms with Gasteiger partial charge in [-0.05, 0) is 43.2 Å². The molecule has 1 aromatic heterocycles. The zero-order chi connectivity index (χ0) is 12.3. The van der Waals surface area contributed by atoms with Gasteiger partial charge >= 0.3 is 0 Å². The first kappa shape index (κ1) is 12.1. The molecule has 1 N–H and O–H groups in total. The van der Waals surface area contributed by atoms with Crippen molar-refractivity contribution in [3.05, 3.63) is 51.5 Å². The molecule has 0 radical (unpaired) electrons. The largest absolute Gasteiger partial charge is 0.378 e. The van der Waals surface area contributed by atoms with E-state index in [-0.39, 0.29) is 5.82 Å². The SMILES string of the molecule is CCc1ccc(CNc2cc(C)ccc2F)s1. The van der Waals surface area contributed by atoms with E-state index in [2.05, 4.69) is 24.4 Å². The molecule has 1 heterocycles. The molecule has 1 aromatic carbocycles. The minimum atomic E-state index is -0.192. The number of benzene rings is 1. The Morgan fingerprint density at radius 1 is 1.18 bits per heavy atom. The van der Waals surface area contributed by atoms with Crippen LogP contribution in [0.4, 0.5) is 10.1 Å². The molecular weight excluding hydrogens is 233 g/mol. The van der Waals surface area contributed by atoms with E-state index in [1.165, 1.54) is 15.8 Å². The van der Waals surface area contributed by atoms with Crippen LogP contribution in [-0.2, 0) is 13.0 Å². The lowest BCUT2D eigenvalue weighted by Crippen LogP contribution is -2.00. The summed E-state index contributed by atoms with van der Waals surface area (Å²) in [5, 5.41) is 3.14. The topological polar surface area (TPSA) is 12.0 Å². The highest BCUT2D eigenvalue weighted by Crippen LogP contribution is 2.20. The van der Waals surface area contributed by atoms with Gasteiger partial charge < -0.3 is 5.32 Å². The van der Waals surface area contributed by atoms with Crippen LogP contribution in [0.25, 0.3) is 0 Å². The zero-order valence-electron chi connectivity index (χ0n) is 10.1. The molecule has 0 unspecified atom stereocenters. The Labute approximate surface area is 105 Å². The summed E-state index contributed by atoms with van der Waals surface area (Å²) in [4.78, 5) is 2.61. The zero-order valence-corrected chi connectivity index (χ0v) is 10.9. The molecule has 0 saturated heterocycles. The van der Waals surface area contributed by atoms with Gasteiger partial charge in [-0.3, -0.25) is 0 Å². The van der Waals surface area contributed by atoms with Crippen LogP contribution in [0.5, 0.6) is 0 Å². The van der Waals surface area contributed by atoms with Gasteiger partial charge in [0.15, 0.2) is 0 Å². The number of nitrogens with one attached hydrogen (secondary N) is 1. The molecule has 0 bridgehead atoms. The molecule has 3 heteroatoms. The third-order valence-electron chi connectivity index (χ3n) is 2.64. The van der Waals surface area contributed by atoms with E-state index in [4.69, 9.17) is 0 Å². The lowest BCUT2D eigenvalue weighted by Gasteiger charge is -2.07. The van der Waals surface area contributed by atoms with Crippen molar-refractivity contribution < 1.29 is 4.39 Å². The third-order valence-corrected chi connectivity index (χ3v) is 3.87. The summed E-state index contributed by atoms with van der Waals surface area (Å²) in [7, 11) is 0. The summed E-state index contributed by atoms with van der Waals surface area (Å²) in [6.07, 6.45) is 1.06. The highest BCUT2D eigenvalue weighted by atomic mass is 32.1. The summed E-state index contributed by atoms with van der Waals surface area (Å²) >= 11 is 1.78.